The highest BCUT2D eigenvalue weighted by Crippen LogP contribution is 2.29. The first kappa shape index (κ1) is 14.2. The molecule has 6 nitrogen and oxygen atoms in total. The molecule has 1 aromatic rings. The molecule has 0 atom stereocenters. The van der Waals surface area contributed by atoms with Gasteiger partial charge in [-0.25, -0.2) is 14.2 Å². The second kappa shape index (κ2) is 4.73. The van der Waals surface area contributed by atoms with E-state index in [9.17, 15) is 19.1 Å². The van der Waals surface area contributed by atoms with Crippen LogP contribution < -0.4 is 4.90 Å². The largest absolute Gasteiger partial charge is 0.478 e. The van der Waals surface area contributed by atoms with Crippen molar-refractivity contribution in [3.63, 3.8) is 0 Å². The van der Waals surface area contributed by atoms with Gasteiger partial charge in [0.25, 0.3) is 0 Å². The molecule has 0 saturated carbocycles. The number of anilines is 1. The number of likely N-dealkylation sites (N-methyl/N-ethyl adjacent to an activating group) is 1. The molecule has 1 fully saturated rings. The Balaban J connectivity index is 2.51. The minimum atomic E-state index is -1.27. The predicted octanol–water partition coefficient (Wildman–Crippen LogP) is 0.976. The SMILES string of the molecule is CN1CCN(c2ncc(F)cc2C(=O)O)C(C)(C)C1=O. The molecular formula is C13H16FN3O3. The number of carboxylic acids is 1. The lowest BCUT2D eigenvalue weighted by molar-refractivity contribution is -0.136. The van der Waals surface area contributed by atoms with Crippen molar-refractivity contribution in [2.45, 2.75) is 19.4 Å². The van der Waals surface area contributed by atoms with E-state index in [0.717, 1.165) is 12.3 Å². The third-order valence-electron chi connectivity index (χ3n) is 3.52. The second-order valence-electron chi connectivity index (χ2n) is 5.27. The van der Waals surface area contributed by atoms with Gasteiger partial charge in [-0.05, 0) is 19.9 Å². The number of nitrogens with zero attached hydrogens (tertiary/aromatic N) is 3. The minimum Gasteiger partial charge on any atom is -0.478 e. The molecule has 0 bridgehead atoms. The summed E-state index contributed by atoms with van der Waals surface area (Å²) >= 11 is 0. The van der Waals surface area contributed by atoms with E-state index in [-0.39, 0.29) is 17.3 Å². The lowest BCUT2D eigenvalue weighted by Crippen LogP contribution is -2.62. The molecule has 0 aliphatic carbocycles. The van der Waals surface area contributed by atoms with Crippen LogP contribution in [0.15, 0.2) is 12.3 Å². The van der Waals surface area contributed by atoms with Crippen molar-refractivity contribution in [3.8, 4) is 0 Å². The fourth-order valence-corrected chi connectivity index (χ4v) is 2.39. The number of amides is 1. The third-order valence-corrected chi connectivity index (χ3v) is 3.52. The normalized spacial score (nSPS) is 18.3. The van der Waals surface area contributed by atoms with Gasteiger partial charge in [-0.3, -0.25) is 4.79 Å². The lowest BCUT2D eigenvalue weighted by atomic mass is 9.97. The Hall–Kier alpha value is -2.18. The molecule has 2 heterocycles. The van der Waals surface area contributed by atoms with Gasteiger partial charge in [-0.15, -0.1) is 0 Å². The molecule has 0 aromatic carbocycles. The molecule has 1 aliphatic heterocycles. The molecule has 1 aliphatic rings. The fourth-order valence-electron chi connectivity index (χ4n) is 2.39. The van der Waals surface area contributed by atoms with E-state index >= 15 is 0 Å². The smallest absolute Gasteiger partial charge is 0.339 e. The van der Waals surface area contributed by atoms with Crippen molar-refractivity contribution in [1.29, 1.82) is 0 Å². The molecule has 20 heavy (non-hydrogen) atoms. The Morgan fingerprint density at radius 2 is 2.10 bits per heavy atom. The van der Waals surface area contributed by atoms with Gasteiger partial charge in [0.15, 0.2) is 0 Å². The summed E-state index contributed by atoms with van der Waals surface area (Å²) in [7, 11) is 1.69. The summed E-state index contributed by atoms with van der Waals surface area (Å²) in [6.07, 6.45) is 0.959. The maximum atomic E-state index is 13.2. The molecule has 1 saturated heterocycles. The van der Waals surface area contributed by atoms with Crippen molar-refractivity contribution in [2.75, 3.05) is 25.0 Å². The first-order valence-electron chi connectivity index (χ1n) is 6.17. The van der Waals surface area contributed by atoms with Gasteiger partial charge in [0.2, 0.25) is 5.91 Å². The Morgan fingerprint density at radius 1 is 1.45 bits per heavy atom. The summed E-state index contributed by atoms with van der Waals surface area (Å²) in [5.74, 6) is -2.00. The summed E-state index contributed by atoms with van der Waals surface area (Å²) in [4.78, 5) is 30.5. The van der Waals surface area contributed by atoms with Gasteiger partial charge in [0.05, 0.1) is 6.20 Å². The molecule has 0 radical (unpaired) electrons. The molecule has 2 rings (SSSR count). The van der Waals surface area contributed by atoms with Crippen LogP contribution >= 0.6 is 0 Å². The Labute approximate surface area is 115 Å². The number of aromatic carboxylic acids is 1. The van der Waals surface area contributed by atoms with Gasteiger partial charge >= 0.3 is 5.97 Å². The summed E-state index contributed by atoms with van der Waals surface area (Å²) in [6.45, 7) is 4.29. The van der Waals surface area contributed by atoms with E-state index in [2.05, 4.69) is 4.98 Å². The third kappa shape index (κ3) is 2.19. The molecule has 7 heteroatoms. The number of piperazine rings is 1. The molecule has 0 spiro atoms. The summed E-state index contributed by atoms with van der Waals surface area (Å²) < 4.78 is 13.2. The zero-order chi connectivity index (χ0) is 15.1. The molecule has 1 N–H and O–H groups in total. The van der Waals surface area contributed by atoms with E-state index in [1.54, 1.807) is 30.7 Å². The molecule has 1 aromatic heterocycles. The average molecular weight is 281 g/mol. The fraction of sp³-hybridized carbons (Fsp3) is 0.462. The Bertz CT molecular complexity index is 574. The van der Waals surface area contributed by atoms with Crippen LogP contribution in [0.4, 0.5) is 10.2 Å². The number of carboxylic acid groups (broad SMARTS) is 1. The molecule has 108 valence electrons. The van der Waals surface area contributed by atoms with Crippen LogP contribution in [0.5, 0.6) is 0 Å². The number of rotatable bonds is 2. The number of hydrogen-bond donors (Lipinski definition) is 1. The van der Waals surface area contributed by atoms with Crippen molar-refractivity contribution in [1.82, 2.24) is 9.88 Å². The van der Waals surface area contributed by atoms with E-state index in [1.165, 1.54) is 0 Å². The van der Waals surface area contributed by atoms with Gasteiger partial charge < -0.3 is 14.9 Å². The van der Waals surface area contributed by atoms with Crippen LogP contribution in [0.1, 0.15) is 24.2 Å². The summed E-state index contributed by atoms with van der Waals surface area (Å²) in [5, 5.41) is 9.18. The quantitative estimate of drug-likeness (QED) is 0.874. The monoisotopic (exact) mass is 281 g/mol. The maximum Gasteiger partial charge on any atom is 0.339 e. The van der Waals surface area contributed by atoms with Gasteiger partial charge in [-0.2, -0.15) is 0 Å². The molecule has 0 unspecified atom stereocenters. The van der Waals surface area contributed by atoms with E-state index < -0.39 is 17.3 Å². The van der Waals surface area contributed by atoms with E-state index in [4.69, 9.17) is 0 Å². The van der Waals surface area contributed by atoms with Crippen molar-refractivity contribution < 1.29 is 19.1 Å². The van der Waals surface area contributed by atoms with Crippen molar-refractivity contribution >= 4 is 17.7 Å². The number of hydrogen-bond acceptors (Lipinski definition) is 4. The minimum absolute atomic E-state index is 0.116. The Morgan fingerprint density at radius 3 is 2.70 bits per heavy atom. The first-order valence-corrected chi connectivity index (χ1v) is 6.17. The van der Waals surface area contributed by atoms with E-state index in [1.807, 2.05) is 0 Å². The van der Waals surface area contributed by atoms with Gasteiger partial charge in [0.1, 0.15) is 22.7 Å². The first-order chi connectivity index (χ1) is 9.25. The van der Waals surface area contributed by atoms with Crippen LogP contribution in [0.2, 0.25) is 0 Å². The zero-order valence-electron chi connectivity index (χ0n) is 11.6. The number of pyridine rings is 1. The van der Waals surface area contributed by atoms with Gasteiger partial charge in [-0.1, -0.05) is 0 Å². The van der Waals surface area contributed by atoms with Crippen LogP contribution in [-0.2, 0) is 4.79 Å². The second-order valence-corrected chi connectivity index (χ2v) is 5.27. The zero-order valence-corrected chi connectivity index (χ0v) is 11.6. The van der Waals surface area contributed by atoms with Crippen LogP contribution in [0.3, 0.4) is 0 Å². The van der Waals surface area contributed by atoms with Crippen molar-refractivity contribution in [3.05, 3.63) is 23.6 Å². The Kier molecular flexibility index (Phi) is 3.37. The van der Waals surface area contributed by atoms with E-state index in [0.29, 0.717) is 13.1 Å². The topological polar surface area (TPSA) is 73.7 Å². The summed E-state index contributed by atoms with van der Waals surface area (Å²) in [5.41, 5.74) is -1.17. The maximum absolute atomic E-state index is 13.2. The number of aromatic nitrogens is 1. The highest BCUT2D eigenvalue weighted by atomic mass is 19.1. The number of carbonyl (C=O) groups is 2. The number of halogens is 1. The van der Waals surface area contributed by atoms with Gasteiger partial charge in [0, 0.05) is 20.1 Å². The highest BCUT2D eigenvalue weighted by Gasteiger charge is 2.42. The molecular weight excluding hydrogens is 265 g/mol. The summed E-state index contributed by atoms with van der Waals surface area (Å²) in [6, 6.07) is 0.920. The van der Waals surface area contributed by atoms with Crippen LogP contribution in [0.25, 0.3) is 0 Å². The average Bonchev–Trinajstić information content (AvgIpc) is 2.37. The lowest BCUT2D eigenvalue weighted by Gasteiger charge is -2.45. The number of carbonyl (C=O) groups excluding carboxylic acids is 1. The van der Waals surface area contributed by atoms with Crippen LogP contribution in [0, 0.1) is 5.82 Å². The standard InChI is InChI=1S/C13H16FN3O3/c1-13(2)12(20)16(3)4-5-17(13)10-9(11(18)19)6-8(14)7-15-10/h6-7H,4-5H2,1-3H3,(H,18,19). The van der Waals surface area contributed by atoms with Crippen LogP contribution in [-0.4, -0.2) is 52.5 Å². The predicted molar refractivity (Wildman–Crippen MR) is 70.2 cm³/mol. The molecule has 1 amide bonds. The highest BCUT2D eigenvalue weighted by molar-refractivity contribution is 5.96. The van der Waals surface area contributed by atoms with Crippen molar-refractivity contribution in [2.24, 2.45) is 0 Å².